The Bertz CT molecular complexity index is 1540. The first-order valence-corrected chi connectivity index (χ1v) is 11.8. The monoisotopic (exact) mass is 513 g/mol. The predicted molar refractivity (Wildman–Crippen MR) is 143 cm³/mol. The molecule has 0 saturated heterocycles. The van der Waals surface area contributed by atoms with Crippen LogP contribution >= 0.6 is 11.6 Å². The Kier molecular flexibility index (Phi) is 7.56. The summed E-state index contributed by atoms with van der Waals surface area (Å²) in [5, 5.41) is 17.3. The highest BCUT2D eigenvalue weighted by Gasteiger charge is 2.28. The molecule has 5 rings (SSSR count). The number of aldehydes is 1. The van der Waals surface area contributed by atoms with Crippen molar-refractivity contribution in [1.29, 1.82) is 5.26 Å². The van der Waals surface area contributed by atoms with Crippen molar-refractivity contribution >= 4 is 29.5 Å². The maximum absolute atomic E-state index is 12.0. The molecular formula is C28H24ClN5O3. The highest BCUT2D eigenvalue weighted by molar-refractivity contribution is 6.33. The van der Waals surface area contributed by atoms with Gasteiger partial charge in [0.15, 0.2) is 12.0 Å². The van der Waals surface area contributed by atoms with Crippen molar-refractivity contribution in [3.05, 3.63) is 93.6 Å². The third-order valence-electron chi connectivity index (χ3n) is 6.07. The molecule has 4 aromatic rings. The number of nitrogens with one attached hydrogen (secondary N) is 1. The quantitative estimate of drug-likeness (QED) is 0.369. The van der Waals surface area contributed by atoms with E-state index < -0.39 is 5.91 Å². The number of anilines is 1. The van der Waals surface area contributed by atoms with E-state index in [4.69, 9.17) is 22.1 Å². The topological polar surface area (TPSA) is 123 Å². The van der Waals surface area contributed by atoms with Crippen molar-refractivity contribution in [3.8, 4) is 28.8 Å². The van der Waals surface area contributed by atoms with Crippen LogP contribution in [0, 0.1) is 11.3 Å². The SMILES string of the molecule is CNc1ccc2c(c1)-c1c(c(C(N)=O)nn1-c1cccc(C#N)c1)CC2.COc1ccc(C=O)c(Cl)c1. The van der Waals surface area contributed by atoms with Gasteiger partial charge in [-0.05, 0) is 66.9 Å². The van der Waals surface area contributed by atoms with Gasteiger partial charge in [-0.15, -0.1) is 0 Å². The normalized spacial score (nSPS) is 11.2. The van der Waals surface area contributed by atoms with Crippen LogP contribution in [0.15, 0.2) is 60.7 Å². The summed E-state index contributed by atoms with van der Waals surface area (Å²) in [6.45, 7) is 0. The van der Waals surface area contributed by atoms with Crippen LogP contribution in [0.3, 0.4) is 0 Å². The van der Waals surface area contributed by atoms with Crippen LogP contribution in [-0.2, 0) is 12.8 Å². The molecule has 9 heteroatoms. The van der Waals surface area contributed by atoms with E-state index in [1.165, 1.54) is 5.56 Å². The number of amides is 1. The van der Waals surface area contributed by atoms with Gasteiger partial charge >= 0.3 is 0 Å². The minimum Gasteiger partial charge on any atom is -0.497 e. The summed E-state index contributed by atoms with van der Waals surface area (Å²) in [5.41, 5.74) is 12.6. The number of nitrogens with zero attached hydrogens (tertiary/aromatic N) is 3. The molecule has 1 heterocycles. The second-order valence-corrected chi connectivity index (χ2v) is 8.65. The van der Waals surface area contributed by atoms with Gasteiger partial charge in [-0.1, -0.05) is 23.7 Å². The molecule has 8 nitrogen and oxygen atoms in total. The van der Waals surface area contributed by atoms with E-state index in [1.807, 2.05) is 19.2 Å². The van der Waals surface area contributed by atoms with Gasteiger partial charge in [0, 0.05) is 29.4 Å². The number of carbonyl (C=O) groups is 2. The van der Waals surface area contributed by atoms with Gasteiger partial charge in [-0.25, -0.2) is 4.68 Å². The fourth-order valence-corrected chi connectivity index (χ4v) is 4.43. The largest absolute Gasteiger partial charge is 0.497 e. The fourth-order valence-electron chi connectivity index (χ4n) is 4.22. The number of fused-ring (bicyclic) bond motifs is 3. The summed E-state index contributed by atoms with van der Waals surface area (Å²) in [5.74, 6) is 0.116. The van der Waals surface area contributed by atoms with Gasteiger partial charge in [0.2, 0.25) is 0 Å². The van der Waals surface area contributed by atoms with Gasteiger partial charge < -0.3 is 15.8 Å². The van der Waals surface area contributed by atoms with E-state index in [-0.39, 0.29) is 0 Å². The number of rotatable bonds is 5. The van der Waals surface area contributed by atoms with Crippen molar-refractivity contribution in [3.63, 3.8) is 0 Å². The molecule has 37 heavy (non-hydrogen) atoms. The van der Waals surface area contributed by atoms with E-state index in [1.54, 1.807) is 48.2 Å². The van der Waals surface area contributed by atoms with Crippen LogP contribution in [0.25, 0.3) is 16.9 Å². The highest BCUT2D eigenvalue weighted by atomic mass is 35.5. The van der Waals surface area contributed by atoms with Crippen LogP contribution < -0.4 is 15.8 Å². The molecule has 3 aromatic carbocycles. The van der Waals surface area contributed by atoms with Crippen molar-refractivity contribution in [2.75, 3.05) is 19.5 Å². The van der Waals surface area contributed by atoms with E-state index in [0.717, 1.165) is 34.6 Å². The number of hydrogen-bond donors (Lipinski definition) is 2. The van der Waals surface area contributed by atoms with E-state index in [2.05, 4.69) is 28.6 Å². The van der Waals surface area contributed by atoms with E-state index in [0.29, 0.717) is 40.3 Å². The van der Waals surface area contributed by atoms with Gasteiger partial charge in [0.1, 0.15) is 5.75 Å². The molecule has 1 aliphatic rings. The first kappa shape index (κ1) is 25.5. The smallest absolute Gasteiger partial charge is 0.269 e. The second kappa shape index (κ2) is 11.0. The minimum absolute atomic E-state index is 0.294. The number of ether oxygens (including phenoxy) is 1. The van der Waals surface area contributed by atoms with Gasteiger partial charge in [0.05, 0.1) is 35.1 Å². The lowest BCUT2D eigenvalue weighted by Gasteiger charge is -2.20. The summed E-state index contributed by atoms with van der Waals surface area (Å²) >= 11 is 5.70. The summed E-state index contributed by atoms with van der Waals surface area (Å²) < 4.78 is 6.62. The first-order chi connectivity index (χ1) is 17.9. The zero-order valence-electron chi connectivity index (χ0n) is 20.3. The predicted octanol–water partition coefficient (Wildman–Crippen LogP) is 4.81. The zero-order valence-corrected chi connectivity index (χ0v) is 21.0. The molecule has 0 saturated carbocycles. The number of aryl methyl sites for hydroxylation is 1. The van der Waals surface area contributed by atoms with E-state index in [9.17, 15) is 14.9 Å². The number of nitriles is 1. The highest BCUT2D eigenvalue weighted by Crippen LogP contribution is 2.38. The number of nitrogens with two attached hydrogens (primary N) is 1. The molecule has 0 spiro atoms. The molecule has 1 aromatic heterocycles. The molecule has 0 radical (unpaired) electrons. The van der Waals surface area contributed by atoms with Crippen LogP contribution in [0.4, 0.5) is 5.69 Å². The summed E-state index contributed by atoms with van der Waals surface area (Å²) in [6, 6.07) is 20.4. The van der Waals surface area contributed by atoms with Crippen LogP contribution in [0.5, 0.6) is 5.75 Å². The summed E-state index contributed by atoms with van der Waals surface area (Å²) in [4.78, 5) is 22.3. The van der Waals surface area contributed by atoms with Gasteiger partial charge in [-0.2, -0.15) is 10.4 Å². The Hall–Kier alpha value is -4.61. The zero-order chi connectivity index (χ0) is 26.5. The van der Waals surface area contributed by atoms with Crippen molar-refractivity contribution in [1.82, 2.24) is 9.78 Å². The lowest BCUT2D eigenvalue weighted by molar-refractivity contribution is 0.0993. The fraction of sp³-hybridized carbons (Fsp3) is 0.143. The first-order valence-electron chi connectivity index (χ1n) is 11.4. The molecule has 0 aliphatic heterocycles. The third kappa shape index (κ3) is 5.17. The standard InChI is InChI=1S/C20H17N5O.C8H7ClO2/c1-23-14-7-5-13-6-8-16-18(20(22)26)24-25(19(16)17(13)10-14)15-4-2-3-12(9-15)11-21;1-11-7-3-2-6(5-10)8(9)4-7/h2-5,7,9-10,23H,6,8H2,1H3,(H2,22,26);2-5H,1H3. The van der Waals surface area contributed by atoms with E-state index >= 15 is 0 Å². The van der Waals surface area contributed by atoms with Gasteiger partial charge in [-0.3, -0.25) is 9.59 Å². The molecule has 3 N–H and O–H groups in total. The lowest BCUT2D eigenvalue weighted by atomic mass is 9.88. The Morgan fingerprint density at radius 3 is 2.65 bits per heavy atom. The van der Waals surface area contributed by atoms with Gasteiger partial charge in [0.25, 0.3) is 5.91 Å². The van der Waals surface area contributed by atoms with Crippen molar-refractivity contribution < 1.29 is 14.3 Å². The Balaban J connectivity index is 0.000000245. The average molecular weight is 514 g/mol. The molecule has 0 fully saturated rings. The molecule has 0 atom stereocenters. The maximum atomic E-state index is 12.0. The molecule has 1 amide bonds. The number of hydrogen-bond acceptors (Lipinski definition) is 6. The van der Waals surface area contributed by atoms with Crippen molar-refractivity contribution in [2.45, 2.75) is 12.8 Å². The van der Waals surface area contributed by atoms with Crippen LogP contribution in [-0.4, -0.2) is 36.1 Å². The van der Waals surface area contributed by atoms with Crippen LogP contribution in [0.1, 0.15) is 37.5 Å². The molecule has 0 unspecified atom stereocenters. The second-order valence-electron chi connectivity index (χ2n) is 8.24. The number of methoxy groups -OCH3 is 1. The Labute approximate surface area is 219 Å². The minimum atomic E-state index is -0.537. The number of aromatic nitrogens is 2. The number of halogens is 1. The molecular weight excluding hydrogens is 490 g/mol. The Morgan fingerprint density at radius 2 is 2.00 bits per heavy atom. The number of primary amides is 1. The van der Waals surface area contributed by atoms with Crippen LogP contribution in [0.2, 0.25) is 5.02 Å². The summed E-state index contributed by atoms with van der Waals surface area (Å²) in [7, 11) is 3.42. The third-order valence-corrected chi connectivity index (χ3v) is 6.40. The maximum Gasteiger partial charge on any atom is 0.269 e. The molecule has 186 valence electrons. The van der Waals surface area contributed by atoms with Crippen molar-refractivity contribution in [2.24, 2.45) is 5.73 Å². The molecule has 1 aliphatic carbocycles. The number of benzene rings is 3. The number of carbonyl (C=O) groups excluding carboxylic acids is 2. The average Bonchev–Trinajstić information content (AvgIpc) is 3.34. The Morgan fingerprint density at radius 1 is 1.19 bits per heavy atom. The molecule has 0 bridgehead atoms. The summed E-state index contributed by atoms with van der Waals surface area (Å²) in [6.07, 6.45) is 2.25. The lowest BCUT2D eigenvalue weighted by Crippen LogP contribution is -2.15.